The summed E-state index contributed by atoms with van der Waals surface area (Å²) in [6.07, 6.45) is 4.86. The molecule has 2 saturated heterocycles. The summed E-state index contributed by atoms with van der Waals surface area (Å²) in [6.45, 7) is 0.916. The highest BCUT2D eigenvalue weighted by Gasteiger charge is 2.40. The minimum atomic E-state index is -0.620. The van der Waals surface area contributed by atoms with Gasteiger partial charge in [-0.2, -0.15) is 0 Å². The van der Waals surface area contributed by atoms with Gasteiger partial charge in [0.25, 0.3) is 0 Å². The van der Waals surface area contributed by atoms with Gasteiger partial charge in [-0.1, -0.05) is 42.8 Å². The second-order valence-corrected chi connectivity index (χ2v) is 7.91. The molecule has 0 N–H and O–H groups in total. The van der Waals surface area contributed by atoms with Crippen LogP contribution in [-0.2, 0) is 17.8 Å². The van der Waals surface area contributed by atoms with Crippen LogP contribution >= 0.6 is 0 Å². The van der Waals surface area contributed by atoms with E-state index in [0.717, 1.165) is 32.2 Å². The highest BCUT2D eigenvalue weighted by Crippen LogP contribution is 2.38. The molecule has 4 rings (SSSR count). The molecule has 2 aromatic carbocycles. The molecule has 2 fully saturated rings. The van der Waals surface area contributed by atoms with Gasteiger partial charge in [0, 0.05) is 36.5 Å². The first-order chi connectivity index (χ1) is 13.1. The number of fused-ring (bicyclic) bond motifs is 2. The van der Waals surface area contributed by atoms with Crippen molar-refractivity contribution in [1.29, 1.82) is 0 Å². The SMILES string of the molecule is O=C(Cc1c(F)cccc1F)C1CC2CCCC(C1)N2Cc1ccccc1. The molecule has 2 aliphatic rings. The van der Waals surface area contributed by atoms with Crippen molar-refractivity contribution >= 4 is 5.78 Å². The number of piperidine rings is 2. The number of carbonyl (C=O) groups is 1. The fourth-order valence-corrected chi connectivity index (χ4v) is 4.81. The van der Waals surface area contributed by atoms with Gasteiger partial charge < -0.3 is 0 Å². The molecular weight excluding hydrogens is 344 g/mol. The van der Waals surface area contributed by atoms with Crippen LogP contribution in [0.4, 0.5) is 8.78 Å². The number of Topliss-reactive ketones (excluding diaryl/α,β-unsaturated/α-hetero) is 1. The zero-order valence-electron chi connectivity index (χ0n) is 15.4. The maximum Gasteiger partial charge on any atom is 0.140 e. The Labute approximate surface area is 159 Å². The standard InChI is InChI=1S/C23H25F2NO/c24-21-10-5-11-22(25)20(21)14-23(27)17-12-18-8-4-9-19(13-17)26(18)15-16-6-2-1-3-7-16/h1-3,5-7,10-11,17-19H,4,8-9,12-15H2. The Morgan fingerprint density at radius 3 is 2.19 bits per heavy atom. The van der Waals surface area contributed by atoms with Crippen LogP contribution in [0.5, 0.6) is 0 Å². The van der Waals surface area contributed by atoms with E-state index in [1.165, 1.54) is 30.2 Å². The number of benzene rings is 2. The third-order valence-corrected chi connectivity index (χ3v) is 6.20. The molecule has 2 heterocycles. The fourth-order valence-electron chi connectivity index (χ4n) is 4.81. The van der Waals surface area contributed by atoms with Gasteiger partial charge in [-0.25, -0.2) is 8.78 Å². The van der Waals surface area contributed by atoms with Crippen LogP contribution < -0.4 is 0 Å². The molecule has 2 aromatic rings. The molecule has 2 nitrogen and oxygen atoms in total. The molecule has 27 heavy (non-hydrogen) atoms. The van der Waals surface area contributed by atoms with Gasteiger partial charge in [0.1, 0.15) is 17.4 Å². The second-order valence-electron chi connectivity index (χ2n) is 7.91. The molecule has 2 aliphatic heterocycles. The third-order valence-electron chi connectivity index (χ3n) is 6.20. The fraction of sp³-hybridized carbons (Fsp3) is 0.435. The molecule has 0 spiro atoms. The lowest BCUT2D eigenvalue weighted by Crippen LogP contribution is -2.52. The maximum absolute atomic E-state index is 13.9. The number of halogens is 2. The number of carbonyl (C=O) groups excluding carboxylic acids is 1. The van der Waals surface area contributed by atoms with Crippen molar-refractivity contribution < 1.29 is 13.6 Å². The van der Waals surface area contributed by atoms with Crippen molar-refractivity contribution in [3.8, 4) is 0 Å². The van der Waals surface area contributed by atoms with E-state index in [4.69, 9.17) is 0 Å². The molecule has 4 heteroatoms. The van der Waals surface area contributed by atoms with Gasteiger partial charge >= 0.3 is 0 Å². The lowest BCUT2D eigenvalue weighted by molar-refractivity contribution is -0.126. The lowest BCUT2D eigenvalue weighted by Gasteiger charge is -2.48. The van der Waals surface area contributed by atoms with E-state index < -0.39 is 11.6 Å². The van der Waals surface area contributed by atoms with E-state index in [1.54, 1.807) is 0 Å². The number of hydrogen-bond donors (Lipinski definition) is 0. The Balaban J connectivity index is 1.46. The first kappa shape index (κ1) is 18.3. The quantitative estimate of drug-likeness (QED) is 0.746. The zero-order valence-corrected chi connectivity index (χ0v) is 15.4. The van der Waals surface area contributed by atoms with Crippen molar-refractivity contribution in [2.45, 2.75) is 57.2 Å². The summed E-state index contributed by atoms with van der Waals surface area (Å²) in [7, 11) is 0. The average molecular weight is 369 g/mol. The van der Waals surface area contributed by atoms with E-state index in [2.05, 4.69) is 29.2 Å². The van der Waals surface area contributed by atoms with Gasteiger partial charge in [-0.15, -0.1) is 0 Å². The molecule has 2 unspecified atom stereocenters. The van der Waals surface area contributed by atoms with Crippen molar-refractivity contribution in [3.05, 3.63) is 71.3 Å². The first-order valence-electron chi connectivity index (χ1n) is 9.87. The minimum absolute atomic E-state index is 0.0183. The van der Waals surface area contributed by atoms with Gasteiger partial charge in [-0.3, -0.25) is 9.69 Å². The van der Waals surface area contributed by atoms with Crippen LogP contribution in [0.3, 0.4) is 0 Å². The third kappa shape index (κ3) is 3.96. The van der Waals surface area contributed by atoms with E-state index in [1.807, 2.05) is 6.07 Å². The summed E-state index contributed by atoms with van der Waals surface area (Å²) in [5.74, 6) is -1.35. The van der Waals surface area contributed by atoms with Crippen LogP contribution in [-0.4, -0.2) is 22.8 Å². The van der Waals surface area contributed by atoms with Crippen molar-refractivity contribution in [2.75, 3.05) is 0 Å². The van der Waals surface area contributed by atoms with Crippen LogP contribution in [0.25, 0.3) is 0 Å². The smallest absolute Gasteiger partial charge is 0.140 e. The summed E-state index contributed by atoms with van der Waals surface area (Å²) < 4.78 is 27.8. The van der Waals surface area contributed by atoms with E-state index in [9.17, 15) is 13.6 Å². The predicted molar refractivity (Wildman–Crippen MR) is 101 cm³/mol. The second kappa shape index (κ2) is 7.89. The van der Waals surface area contributed by atoms with Gasteiger partial charge in [0.15, 0.2) is 0 Å². The average Bonchev–Trinajstić information content (AvgIpc) is 2.65. The van der Waals surface area contributed by atoms with Crippen molar-refractivity contribution in [3.63, 3.8) is 0 Å². The van der Waals surface area contributed by atoms with Crippen molar-refractivity contribution in [2.24, 2.45) is 5.92 Å². The van der Waals surface area contributed by atoms with Gasteiger partial charge in [0.2, 0.25) is 0 Å². The van der Waals surface area contributed by atoms with E-state index >= 15 is 0 Å². The predicted octanol–water partition coefficient (Wildman–Crippen LogP) is 4.91. The highest BCUT2D eigenvalue weighted by molar-refractivity contribution is 5.83. The van der Waals surface area contributed by atoms with Crippen LogP contribution in [0.2, 0.25) is 0 Å². The summed E-state index contributed by atoms with van der Waals surface area (Å²) in [5.41, 5.74) is 1.21. The van der Waals surface area contributed by atoms with Crippen molar-refractivity contribution in [1.82, 2.24) is 4.90 Å². The topological polar surface area (TPSA) is 20.3 Å². The Hall–Kier alpha value is -2.07. The normalized spacial score (nSPS) is 25.3. The minimum Gasteiger partial charge on any atom is -0.299 e. The lowest BCUT2D eigenvalue weighted by atomic mass is 9.75. The molecule has 0 amide bonds. The van der Waals surface area contributed by atoms with E-state index in [-0.39, 0.29) is 23.7 Å². The van der Waals surface area contributed by atoms with Crippen LogP contribution in [0, 0.1) is 17.6 Å². The highest BCUT2D eigenvalue weighted by atomic mass is 19.1. The molecule has 2 atom stereocenters. The molecule has 0 aromatic heterocycles. The van der Waals surface area contributed by atoms with E-state index in [0.29, 0.717) is 12.1 Å². The molecule has 2 bridgehead atoms. The summed E-state index contributed by atoms with van der Waals surface area (Å²) in [6, 6.07) is 15.0. The summed E-state index contributed by atoms with van der Waals surface area (Å²) in [4.78, 5) is 15.4. The maximum atomic E-state index is 13.9. The number of hydrogen-bond acceptors (Lipinski definition) is 2. The van der Waals surface area contributed by atoms with Crippen LogP contribution in [0.1, 0.15) is 43.2 Å². The molecule has 0 radical (unpaired) electrons. The number of ketones is 1. The molecular formula is C23H25F2NO. The Bertz CT molecular complexity index is 773. The molecule has 142 valence electrons. The van der Waals surface area contributed by atoms with Gasteiger partial charge in [0.05, 0.1) is 0 Å². The number of rotatable bonds is 5. The Morgan fingerprint density at radius 2 is 1.56 bits per heavy atom. The molecule has 0 aliphatic carbocycles. The summed E-state index contributed by atoms with van der Waals surface area (Å²) in [5, 5.41) is 0. The Kier molecular flexibility index (Phi) is 5.35. The zero-order chi connectivity index (χ0) is 18.8. The number of nitrogens with zero attached hydrogens (tertiary/aromatic N) is 1. The van der Waals surface area contributed by atoms with Crippen LogP contribution in [0.15, 0.2) is 48.5 Å². The summed E-state index contributed by atoms with van der Waals surface area (Å²) >= 11 is 0. The monoisotopic (exact) mass is 369 g/mol. The first-order valence-corrected chi connectivity index (χ1v) is 9.87. The molecule has 0 saturated carbocycles. The van der Waals surface area contributed by atoms with Gasteiger partial charge in [-0.05, 0) is 43.4 Å². The largest absolute Gasteiger partial charge is 0.299 e. The Morgan fingerprint density at radius 1 is 0.926 bits per heavy atom.